The second-order valence-electron chi connectivity index (χ2n) is 4.73. The van der Waals surface area contributed by atoms with Crippen LogP contribution in [0.15, 0.2) is 42.5 Å². The minimum absolute atomic E-state index is 0.0981. The summed E-state index contributed by atoms with van der Waals surface area (Å²) in [5.41, 5.74) is 1.19. The third kappa shape index (κ3) is 4.62. The van der Waals surface area contributed by atoms with Crippen LogP contribution >= 0.6 is 11.6 Å². The van der Waals surface area contributed by atoms with E-state index in [2.05, 4.69) is 5.32 Å². The lowest BCUT2D eigenvalue weighted by Gasteiger charge is -2.15. The molecule has 0 spiro atoms. The van der Waals surface area contributed by atoms with E-state index in [1.54, 1.807) is 43.3 Å². The number of benzene rings is 2. The molecule has 2 rings (SSSR count). The van der Waals surface area contributed by atoms with Crippen LogP contribution in [0, 0.1) is 12.7 Å². The molecule has 0 amide bonds. The van der Waals surface area contributed by atoms with Crippen molar-refractivity contribution in [3.8, 4) is 5.75 Å². The van der Waals surface area contributed by atoms with E-state index in [0.29, 0.717) is 16.5 Å². The fraction of sp³-hybridized carbons (Fsp3) is 0.250. The van der Waals surface area contributed by atoms with Crippen molar-refractivity contribution in [1.82, 2.24) is 0 Å². The van der Waals surface area contributed by atoms with E-state index in [1.165, 1.54) is 6.07 Å². The van der Waals surface area contributed by atoms with Crippen molar-refractivity contribution in [3.05, 3.63) is 58.9 Å². The number of para-hydroxylation sites is 1. The molecule has 0 bridgehead atoms. The fourth-order valence-electron chi connectivity index (χ4n) is 1.88. The van der Waals surface area contributed by atoms with E-state index < -0.39 is 6.10 Å². The average molecular weight is 310 g/mol. The number of rotatable bonds is 6. The van der Waals surface area contributed by atoms with Crippen molar-refractivity contribution in [2.24, 2.45) is 0 Å². The van der Waals surface area contributed by atoms with Crippen LogP contribution in [0.3, 0.4) is 0 Å². The molecule has 3 nitrogen and oxygen atoms in total. The average Bonchev–Trinajstić information content (AvgIpc) is 2.45. The summed E-state index contributed by atoms with van der Waals surface area (Å²) in [5.74, 6) is 0.251. The molecule has 0 aromatic heterocycles. The van der Waals surface area contributed by atoms with Crippen molar-refractivity contribution in [3.63, 3.8) is 0 Å². The summed E-state index contributed by atoms with van der Waals surface area (Å²) < 4.78 is 19.0. The highest BCUT2D eigenvalue weighted by Gasteiger charge is 2.09. The third-order valence-corrected chi connectivity index (χ3v) is 3.21. The van der Waals surface area contributed by atoms with Crippen molar-refractivity contribution in [2.45, 2.75) is 13.0 Å². The molecule has 0 aliphatic heterocycles. The summed E-state index contributed by atoms with van der Waals surface area (Å²) in [6, 6.07) is 11.8. The van der Waals surface area contributed by atoms with Gasteiger partial charge in [0, 0.05) is 11.6 Å². The molecule has 0 saturated carbocycles. The van der Waals surface area contributed by atoms with Crippen molar-refractivity contribution >= 4 is 17.3 Å². The summed E-state index contributed by atoms with van der Waals surface area (Å²) in [4.78, 5) is 0. The number of ether oxygens (including phenoxy) is 1. The van der Waals surface area contributed by atoms with Gasteiger partial charge in [-0.15, -0.1) is 0 Å². The summed E-state index contributed by atoms with van der Waals surface area (Å²) in [6.07, 6.45) is -0.761. The molecule has 21 heavy (non-hydrogen) atoms. The molecule has 5 heteroatoms. The van der Waals surface area contributed by atoms with Gasteiger partial charge in [0.15, 0.2) is 0 Å². The van der Waals surface area contributed by atoms with E-state index in [9.17, 15) is 9.50 Å². The van der Waals surface area contributed by atoms with Crippen molar-refractivity contribution in [2.75, 3.05) is 18.5 Å². The molecule has 0 fully saturated rings. The van der Waals surface area contributed by atoms with Gasteiger partial charge in [-0.3, -0.25) is 0 Å². The summed E-state index contributed by atoms with van der Waals surface area (Å²) in [7, 11) is 0. The lowest BCUT2D eigenvalue weighted by atomic mass is 10.2. The second kappa shape index (κ2) is 7.29. The zero-order chi connectivity index (χ0) is 15.2. The summed E-state index contributed by atoms with van der Waals surface area (Å²) in [5, 5.41) is 13.3. The van der Waals surface area contributed by atoms with Gasteiger partial charge in [0.25, 0.3) is 0 Å². The lowest BCUT2D eigenvalue weighted by Crippen LogP contribution is -2.26. The fourth-order valence-corrected chi connectivity index (χ4v) is 2.06. The SMILES string of the molecule is Cc1cccc(F)c1NCC(O)COc1cccc(Cl)c1. The Hall–Kier alpha value is -1.78. The third-order valence-electron chi connectivity index (χ3n) is 2.97. The van der Waals surface area contributed by atoms with Gasteiger partial charge in [-0.05, 0) is 36.8 Å². The van der Waals surface area contributed by atoms with Crippen LogP contribution < -0.4 is 10.1 Å². The number of hydrogen-bond acceptors (Lipinski definition) is 3. The highest BCUT2D eigenvalue weighted by atomic mass is 35.5. The van der Waals surface area contributed by atoms with Gasteiger partial charge in [0.1, 0.15) is 24.3 Å². The Bertz CT molecular complexity index is 586. The molecular formula is C16H17ClFNO2. The van der Waals surface area contributed by atoms with E-state index >= 15 is 0 Å². The number of nitrogens with one attached hydrogen (secondary N) is 1. The van der Waals surface area contributed by atoms with Crippen LogP contribution in [0.5, 0.6) is 5.75 Å². The largest absolute Gasteiger partial charge is 0.491 e. The molecule has 0 aliphatic rings. The Labute approximate surface area is 128 Å². The Morgan fingerprint density at radius 3 is 2.76 bits per heavy atom. The topological polar surface area (TPSA) is 41.5 Å². The smallest absolute Gasteiger partial charge is 0.146 e. The maximum Gasteiger partial charge on any atom is 0.146 e. The van der Waals surface area contributed by atoms with Crippen LogP contribution in [0.4, 0.5) is 10.1 Å². The number of anilines is 1. The van der Waals surface area contributed by atoms with Gasteiger partial charge in [0.2, 0.25) is 0 Å². The van der Waals surface area contributed by atoms with Crippen molar-refractivity contribution in [1.29, 1.82) is 0 Å². The second-order valence-corrected chi connectivity index (χ2v) is 5.17. The van der Waals surface area contributed by atoms with Gasteiger partial charge in [-0.1, -0.05) is 29.8 Å². The van der Waals surface area contributed by atoms with Crippen LogP contribution in [0.1, 0.15) is 5.56 Å². The quantitative estimate of drug-likeness (QED) is 0.856. The molecule has 0 radical (unpaired) electrons. The summed E-state index contributed by atoms with van der Waals surface area (Å²) in [6.45, 7) is 2.10. The zero-order valence-corrected chi connectivity index (χ0v) is 12.4. The minimum atomic E-state index is -0.761. The van der Waals surface area contributed by atoms with Crippen LogP contribution in [-0.4, -0.2) is 24.4 Å². The minimum Gasteiger partial charge on any atom is -0.491 e. The maximum absolute atomic E-state index is 13.6. The predicted molar refractivity (Wildman–Crippen MR) is 82.6 cm³/mol. The Kier molecular flexibility index (Phi) is 5.42. The Morgan fingerprint density at radius 1 is 1.29 bits per heavy atom. The predicted octanol–water partition coefficient (Wildman–Crippen LogP) is 3.64. The van der Waals surface area contributed by atoms with E-state index in [1.807, 2.05) is 0 Å². The number of aliphatic hydroxyl groups excluding tert-OH is 1. The van der Waals surface area contributed by atoms with Gasteiger partial charge >= 0.3 is 0 Å². The molecule has 0 heterocycles. The maximum atomic E-state index is 13.6. The lowest BCUT2D eigenvalue weighted by molar-refractivity contribution is 0.117. The molecule has 2 aromatic carbocycles. The van der Waals surface area contributed by atoms with Crippen LogP contribution in [0.2, 0.25) is 5.02 Å². The zero-order valence-electron chi connectivity index (χ0n) is 11.6. The molecule has 112 valence electrons. The van der Waals surface area contributed by atoms with Crippen molar-refractivity contribution < 1.29 is 14.2 Å². The highest BCUT2D eigenvalue weighted by Crippen LogP contribution is 2.19. The Morgan fingerprint density at radius 2 is 2.05 bits per heavy atom. The summed E-state index contributed by atoms with van der Waals surface area (Å²) >= 11 is 5.84. The van der Waals surface area contributed by atoms with Gasteiger partial charge in [0.05, 0.1) is 5.69 Å². The highest BCUT2D eigenvalue weighted by molar-refractivity contribution is 6.30. The van der Waals surface area contributed by atoms with Gasteiger partial charge in [-0.25, -0.2) is 4.39 Å². The molecular weight excluding hydrogens is 293 g/mol. The standard InChI is InChI=1S/C16H17ClFNO2/c1-11-4-2-7-15(18)16(11)19-9-13(20)10-21-14-6-3-5-12(17)8-14/h2-8,13,19-20H,9-10H2,1H3. The number of halogens is 2. The molecule has 2 N–H and O–H groups in total. The van der Waals surface area contributed by atoms with Crippen LogP contribution in [0.25, 0.3) is 0 Å². The monoisotopic (exact) mass is 309 g/mol. The first-order valence-corrected chi connectivity index (χ1v) is 6.99. The molecule has 1 atom stereocenters. The number of aliphatic hydroxyl groups is 1. The first-order chi connectivity index (χ1) is 10.1. The first kappa shape index (κ1) is 15.6. The number of hydrogen-bond donors (Lipinski definition) is 2. The number of aryl methyl sites for hydroxylation is 1. The van der Waals surface area contributed by atoms with E-state index in [-0.39, 0.29) is 19.0 Å². The van der Waals surface area contributed by atoms with Gasteiger partial charge in [-0.2, -0.15) is 0 Å². The van der Waals surface area contributed by atoms with E-state index in [4.69, 9.17) is 16.3 Å². The first-order valence-electron chi connectivity index (χ1n) is 6.61. The molecule has 0 saturated heterocycles. The normalized spacial score (nSPS) is 12.0. The molecule has 0 aliphatic carbocycles. The Balaban J connectivity index is 1.84. The van der Waals surface area contributed by atoms with Crippen LogP contribution in [-0.2, 0) is 0 Å². The molecule has 1 unspecified atom stereocenters. The van der Waals surface area contributed by atoms with Gasteiger partial charge < -0.3 is 15.2 Å². The van der Waals surface area contributed by atoms with E-state index in [0.717, 1.165) is 5.56 Å². The molecule has 2 aromatic rings.